The maximum atomic E-state index is 9.82. The minimum atomic E-state index is 0.194. The highest BCUT2D eigenvalue weighted by Gasteiger charge is 2.03. The molecule has 0 spiro atoms. The summed E-state index contributed by atoms with van der Waals surface area (Å²) in [6, 6.07) is 13.2. The van der Waals surface area contributed by atoms with E-state index in [4.69, 9.17) is 23.8 Å². The van der Waals surface area contributed by atoms with Crippen LogP contribution in [0.4, 0.5) is 5.69 Å². The van der Waals surface area contributed by atoms with Crippen LogP contribution >= 0.6 is 35.6 Å². The van der Waals surface area contributed by atoms with E-state index in [9.17, 15) is 5.11 Å². The summed E-state index contributed by atoms with van der Waals surface area (Å²) in [7, 11) is 0. The molecule has 22 heavy (non-hydrogen) atoms. The van der Waals surface area contributed by atoms with Gasteiger partial charge in [-0.3, -0.25) is 0 Å². The molecule has 0 amide bonds. The van der Waals surface area contributed by atoms with E-state index in [1.807, 2.05) is 37.3 Å². The number of benzene rings is 2. The Kier molecular flexibility index (Phi) is 6.36. The number of phenols is 1. The van der Waals surface area contributed by atoms with Gasteiger partial charge in [0.25, 0.3) is 0 Å². The maximum absolute atomic E-state index is 9.82. The predicted molar refractivity (Wildman–Crippen MR) is 99.2 cm³/mol. The zero-order chi connectivity index (χ0) is 15.9. The van der Waals surface area contributed by atoms with E-state index in [1.54, 1.807) is 23.9 Å². The fourth-order valence-corrected chi connectivity index (χ4v) is 2.88. The summed E-state index contributed by atoms with van der Waals surface area (Å²) >= 11 is 12.8. The van der Waals surface area contributed by atoms with E-state index in [1.165, 1.54) is 4.90 Å². The Morgan fingerprint density at radius 2 is 1.95 bits per heavy atom. The number of nitrogens with one attached hydrogen (secondary N) is 2. The van der Waals surface area contributed by atoms with Gasteiger partial charge in [-0.1, -0.05) is 17.7 Å². The first-order chi connectivity index (χ1) is 10.5. The molecule has 0 fully saturated rings. The molecule has 3 nitrogen and oxygen atoms in total. The topological polar surface area (TPSA) is 44.3 Å². The quantitative estimate of drug-likeness (QED) is 0.321. The number of hydrogen-bond donors (Lipinski definition) is 3. The molecule has 3 N–H and O–H groups in total. The molecule has 0 saturated carbocycles. The van der Waals surface area contributed by atoms with E-state index in [0.29, 0.717) is 10.8 Å². The van der Waals surface area contributed by atoms with Crippen LogP contribution in [0, 0.1) is 6.92 Å². The monoisotopic (exact) mass is 352 g/mol. The van der Waals surface area contributed by atoms with Gasteiger partial charge in [0.05, 0.1) is 5.69 Å². The van der Waals surface area contributed by atoms with Gasteiger partial charge in [-0.15, -0.1) is 11.8 Å². The Labute approximate surface area is 145 Å². The second-order valence-corrected chi connectivity index (χ2v) is 6.72. The average Bonchev–Trinajstić information content (AvgIpc) is 2.48. The Balaban J connectivity index is 1.72. The largest absolute Gasteiger partial charge is 0.506 e. The second-order valence-electron chi connectivity index (χ2n) is 4.70. The van der Waals surface area contributed by atoms with Crippen LogP contribution in [0.25, 0.3) is 0 Å². The number of halogens is 1. The molecule has 0 aromatic heterocycles. The number of thiocarbonyl (C=S) groups is 1. The van der Waals surface area contributed by atoms with Crippen LogP contribution in [0.5, 0.6) is 5.75 Å². The lowest BCUT2D eigenvalue weighted by Crippen LogP contribution is -2.30. The summed E-state index contributed by atoms with van der Waals surface area (Å²) in [5, 5.41) is 17.2. The molecule has 0 radical (unpaired) electrons. The van der Waals surface area contributed by atoms with Gasteiger partial charge in [0, 0.05) is 22.2 Å². The molecule has 6 heteroatoms. The lowest BCUT2D eigenvalue weighted by Gasteiger charge is -2.12. The zero-order valence-electron chi connectivity index (χ0n) is 12.1. The number of hydrogen-bond acceptors (Lipinski definition) is 3. The van der Waals surface area contributed by atoms with Crippen LogP contribution in [0.2, 0.25) is 5.02 Å². The number of thioether (sulfide) groups is 1. The van der Waals surface area contributed by atoms with E-state index >= 15 is 0 Å². The second kappa shape index (κ2) is 8.27. The van der Waals surface area contributed by atoms with Crippen LogP contribution in [0.15, 0.2) is 47.4 Å². The van der Waals surface area contributed by atoms with Crippen LogP contribution < -0.4 is 10.6 Å². The van der Waals surface area contributed by atoms with Crippen molar-refractivity contribution >= 4 is 46.4 Å². The Morgan fingerprint density at radius 1 is 1.23 bits per heavy atom. The van der Waals surface area contributed by atoms with Gasteiger partial charge in [-0.25, -0.2) is 0 Å². The molecule has 0 bridgehead atoms. The van der Waals surface area contributed by atoms with Crippen LogP contribution in [0.1, 0.15) is 5.56 Å². The standard InChI is InChI=1S/C16H17ClN2OS2/c1-11-2-7-14(15(20)10-11)19-16(21)18-8-9-22-13-5-3-12(17)4-6-13/h2-7,10,20H,8-9H2,1H3,(H2,18,19,21). The van der Waals surface area contributed by atoms with Crippen LogP contribution in [0.3, 0.4) is 0 Å². The first kappa shape index (κ1) is 16.9. The first-order valence-electron chi connectivity index (χ1n) is 6.77. The number of rotatable bonds is 5. The van der Waals surface area contributed by atoms with Crippen molar-refractivity contribution in [3.8, 4) is 5.75 Å². The van der Waals surface area contributed by atoms with Crippen molar-refractivity contribution in [2.45, 2.75) is 11.8 Å². The highest BCUT2D eigenvalue weighted by atomic mass is 35.5. The van der Waals surface area contributed by atoms with Crippen molar-refractivity contribution in [1.82, 2.24) is 5.32 Å². The van der Waals surface area contributed by atoms with Crippen molar-refractivity contribution in [1.29, 1.82) is 0 Å². The number of aryl methyl sites for hydroxylation is 1. The fourth-order valence-electron chi connectivity index (χ4n) is 1.78. The molecular weight excluding hydrogens is 336 g/mol. The molecule has 116 valence electrons. The SMILES string of the molecule is Cc1ccc(NC(=S)NCCSc2ccc(Cl)cc2)c(O)c1. The third kappa shape index (κ3) is 5.40. The van der Waals surface area contributed by atoms with Gasteiger partial charge in [0.2, 0.25) is 0 Å². The van der Waals surface area contributed by atoms with Crippen molar-refractivity contribution in [2.24, 2.45) is 0 Å². The lowest BCUT2D eigenvalue weighted by molar-refractivity contribution is 0.477. The Hall–Kier alpha value is -1.43. The van der Waals surface area contributed by atoms with Crippen molar-refractivity contribution in [3.05, 3.63) is 53.1 Å². The summed E-state index contributed by atoms with van der Waals surface area (Å²) in [6.07, 6.45) is 0. The smallest absolute Gasteiger partial charge is 0.170 e. The highest BCUT2D eigenvalue weighted by molar-refractivity contribution is 7.99. The summed E-state index contributed by atoms with van der Waals surface area (Å²) in [4.78, 5) is 1.17. The van der Waals surface area contributed by atoms with E-state index in [-0.39, 0.29) is 5.75 Å². The molecule has 0 aliphatic carbocycles. The molecule has 0 saturated heterocycles. The molecule has 0 heterocycles. The van der Waals surface area contributed by atoms with Crippen molar-refractivity contribution < 1.29 is 5.11 Å². The first-order valence-corrected chi connectivity index (χ1v) is 8.54. The maximum Gasteiger partial charge on any atom is 0.170 e. The molecular formula is C16H17ClN2OS2. The average molecular weight is 353 g/mol. The fraction of sp³-hybridized carbons (Fsp3) is 0.188. The van der Waals surface area contributed by atoms with E-state index in [2.05, 4.69) is 10.6 Å². The molecule has 0 atom stereocenters. The molecule has 0 aliphatic rings. The summed E-state index contributed by atoms with van der Waals surface area (Å²) in [5.74, 6) is 1.07. The Morgan fingerprint density at radius 3 is 2.64 bits per heavy atom. The molecule has 2 rings (SSSR count). The van der Waals surface area contributed by atoms with Crippen molar-refractivity contribution in [2.75, 3.05) is 17.6 Å². The molecule has 2 aromatic rings. The minimum absolute atomic E-state index is 0.194. The van der Waals surface area contributed by atoms with Crippen LogP contribution in [-0.4, -0.2) is 22.5 Å². The normalized spacial score (nSPS) is 10.3. The third-order valence-corrected chi connectivity index (χ3v) is 4.38. The number of phenolic OH excluding ortho intramolecular Hbond substituents is 1. The minimum Gasteiger partial charge on any atom is -0.506 e. The van der Waals surface area contributed by atoms with Gasteiger partial charge in [0.15, 0.2) is 5.11 Å². The summed E-state index contributed by atoms with van der Waals surface area (Å²) < 4.78 is 0. The van der Waals surface area contributed by atoms with Gasteiger partial charge in [-0.2, -0.15) is 0 Å². The van der Waals surface area contributed by atoms with Gasteiger partial charge < -0.3 is 15.7 Å². The lowest BCUT2D eigenvalue weighted by atomic mass is 10.2. The van der Waals surface area contributed by atoms with Gasteiger partial charge in [0.1, 0.15) is 5.75 Å². The number of anilines is 1. The molecule has 0 aliphatic heterocycles. The highest BCUT2D eigenvalue weighted by Crippen LogP contribution is 2.23. The number of aromatic hydroxyl groups is 1. The zero-order valence-corrected chi connectivity index (χ0v) is 14.5. The third-order valence-electron chi connectivity index (χ3n) is 2.87. The summed E-state index contributed by atoms with van der Waals surface area (Å²) in [5.41, 5.74) is 1.61. The predicted octanol–water partition coefficient (Wildman–Crippen LogP) is 4.43. The van der Waals surface area contributed by atoms with Crippen LogP contribution in [-0.2, 0) is 0 Å². The Bertz CT molecular complexity index is 647. The van der Waals surface area contributed by atoms with Gasteiger partial charge >= 0.3 is 0 Å². The summed E-state index contributed by atoms with van der Waals surface area (Å²) in [6.45, 7) is 2.65. The van der Waals surface area contributed by atoms with Crippen molar-refractivity contribution in [3.63, 3.8) is 0 Å². The molecule has 2 aromatic carbocycles. The van der Waals surface area contributed by atoms with E-state index in [0.717, 1.165) is 22.9 Å². The van der Waals surface area contributed by atoms with Gasteiger partial charge in [-0.05, 0) is 61.1 Å². The molecule has 0 unspecified atom stereocenters. The van der Waals surface area contributed by atoms with E-state index < -0.39 is 0 Å².